The van der Waals surface area contributed by atoms with Crippen molar-refractivity contribution >= 4 is 5.91 Å². The van der Waals surface area contributed by atoms with Gasteiger partial charge in [0.15, 0.2) is 6.61 Å². The van der Waals surface area contributed by atoms with Gasteiger partial charge in [-0.3, -0.25) is 4.79 Å². The molecule has 0 aliphatic carbocycles. The summed E-state index contributed by atoms with van der Waals surface area (Å²) in [4.78, 5) is 13.2. The zero-order chi connectivity index (χ0) is 19.2. The second kappa shape index (κ2) is 8.35. The lowest BCUT2D eigenvalue weighted by atomic mass is 10.1. The number of carbonyl (C=O) groups is 1. The van der Waals surface area contributed by atoms with Gasteiger partial charge in [0, 0.05) is 11.6 Å². The molecule has 0 unspecified atom stereocenters. The van der Waals surface area contributed by atoms with E-state index in [1.165, 1.54) is 6.07 Å². The number of hydrogen-bond acceptors (Lipinski definition) is 5. The highest BCUT2D eigenvalue weighted by atomic mass is 19.1. The van der Waals surface area contributed by atoms with Crippen molar-refractivity contribution in [2.24, 2.45) is 0 Å². The maximum Gasteiger partial charge on any atom is 0.244 e. The quantitative estimate of drug-likeness (QED) is 0.688. The van der Waals surface area contributed by atoms with E-state index >= 15 is 0 Å². The van der Waals surface area contributed by atoms with E-state index in [0.29, 0.717) is 11.6 Å². The highest BCUT2D eigenvalue weighted by Gasteiger charge is 2.15. The van der Waals surface area contributed by atoms with Crippen molar-refractivity contribution in [3.8, 4) is 5.75 Å². The molecular formula is C18H17F2N5O2. The first-order chi connectivity index (χ1) is 13.0. The summed E-state index contributed by atoms with van der Waals surface area (Å²) >= 11 is 0. The Morgan fingerprint density at radius 3 is 2.74 bits per heavy atom. The summed E-state index contributed by atoms with van der Waals surface area (Å²) in [6.07, 6.45) is 0. The molecule has 3 rings (SSSR count). The number of amides is 1. The first-order valence-electron chi connectivity index (χ1n) is 8.20. The largest absolute Gasteiger partial charge is 0.485 e. The molecule has 1 atom stereocenters. The second-order valence-electron chi connectivity index (χ2n) is 5.79. The molecule has 0 saturated carbocycles. The van der Waals surface area contributed by atoms with E-state index < -0.39 is 23.6 Å². The zero-order valence-electron chi connectivity index (χ0n) is 14.5. The molecule has 3 aromatic rings. The number of carbonyl (C=O) groups excluding carboxylic acids is 1. The number of nitrogens with zero attached hydrogens (tertiary/aromatic N) is 4. The summed E-state index contributed by atoms with van der Waals surface area (Å²) in [6, 6.07) is 11.7. The van der Waals surface area contributed by atoms with Crippen LogP contribution in [0.5, 0.6) is 5.75 Å². The fraction of sp³-hybridized carbons (Fsp3) is 0.222. The van der Waals surface area contributed by atoms with E-state index in [1.807, 2.05) is 18.2 Å². The van der Waals surface area contributed by atoms with Crippen molar-refractivity contribution in [2.75, 3.05) is 0 Å². The minimum atomic E-state index is -0.720. The van der Waals surface area contributed by atoms with Gasteiger partial charge < -0.3 is 10.1 Å². The Labute approximate surface area is 154 Å². The van der Waals surface area contributed by atoms with Gasteiger partial charge in [0.25, 0.3) is 0 Å². The van der Waals surface area contributed by atoms with Gasteiger partial charge in [-0.15, -0.1) is 10.2 Å². The third-order valence-electron chi connectivity index (χ3n) is 3.70. The van der Waals surface area contributed by atoms with Crippen molar-refractivity contribution in [2.45, 2.75) is 26.1 Å². The fourth-order valence-corrected chi connectivity index (χ4v) is 2.41. The summed E-state index contributed by atoms with van der Waals surface area (Å²) in [7, 11) is 0. The number of benzene rings is 2. The Bertz CT molecular complexity index is 917. The number of halogens is 2. The molecular weight excluding hydrogens is 356 g/mol. The molecule has 0 spiro atoms. The SMILES string of the molecule is C[C@@H](NC(=O)Cn1nnc(COc2ccccc2)n1)c1ccc(F)cc1F. The molecule has 0 radical (unpaired) electrons. The van der Waals surface area contributed by atoms with Gasteiger partial charge in [-0.05, 0) is 30.3 Å². The molecule has 1 heterocycles. The van der Waals surface area contributed by atoms with E-state index in [4.69, 9.17) is 4.74 Å². The van der Waals surface area contributed by atoms with Crippen LogP contribution in [-0.4, -0.2) is 26.1 Å². The molecule has 0 fully saturated rings. The summed E-state index contributed by atoms with van der Waals surface area (Å²) < 4.78 is 32.2. The van der Waals surface area contributed by atoms with Crippen LogP contribution in [0.4, 0.5) is 8.78 Å². The smallest absolute Gasteiger partial charge is 0.244 e. The molecule has 1 aromatic heterocycles. The Morgan fingerprint density at radius 1 is 1.22 bits per heavy atom. The molecule has 0 bridgehead atoms. The van der Waals surface area contributed by atoms with E-state index in [0.717, 1.165) is 16.9 Å². The minimum Gasteiger partial charge on any atom is -0.485 e. The van der Waals surface area contributed by atoms with Crippen LogP contribution >= 0.6 is 0 Å². The third kappa shape index (κ3) is 5.06. The molecule has 140 valence electrons. The second-order valence-corrected chi connectivity index (χ2v) is 5.79. The number of para-hydroxylation sites is 1. The molecule has 27 heavy (non-hydrogen) atoms. The molecule has 0 aliphatic heterocycles. The Morgan fingerprint density at radius 2 is 2.00 bits per heavy atom. The Balaban J connectivity index is 1.53. The van der Waals surface area contributed by atoms with Crippen LogP contribution in [-0.2, 0) is 17.9 Å². The van der Waals surface area contributed by atoms with E-state index in [-0.39, 0.29) is 18.7 Å². The first-order valence-corrected chi connectivity index (χ1v) is 8.20. The van der Waals surface area contributed by atoms with Gasteiger partial charge in [-0.25, -0.2) is 8.78 Å². The number of tetrazole rings is 1. The minimum absolute atomic E-state index is 0.114. The van der Waals surface area contributed by atoms with Crippen LogP contribution < -0.4 is 10.1 Å². The van der Waals surface area contributed by atoms with Crippen molar-refractivity contribution in [1.82, 2.24) is 25.5 Å². The van der Waals surface area contributed by atoms with Crippen molar-refractivity contribution in [1.29, 1.82) is 0 Å². The van der Waals surface area contributed by atoms with Crippen molar-refractivity contribution < 1.29 is 18.3 Å². The van der Waals surface area contributed by atoms with Gasteiger partial charge >= 0.3 is 0 Å². The maximum absolute atomic E-state index is 13.8. The summed E-state index contributed by atoms with van der Waals surface area (Å²) in [5.74, 6) is -0.834. The number of rotatable bonds is 7. The van der Waals surface area contributed by atoms with Crippen LogP contribution in [0, 0.1) is 11.6 Å². The summed E-state index contributed by atoms with van der Waals surface area (Å²) in [5.41, 5.74) is 0.188. The van der Waals surface area contributed by atoms with Gasteiger partial charge in [0.2, 0.25) is 11.7 Å². The van der Waals surface area contributed by atoms with Crippen LogP contribution in [0.1, 0.15) is 24.4 Å². The predicted molar refractivity (Wildman–Crippen MR) is 91.5 cm³/mol. The third-order valence-corrected chi connectivity index (χ3v) is 3.70. The highest BCUT2D eigenvalue weighted by Crippen LogP contribution is 2.17. The van der Waals surface area contributed by atoms with Crippen LogP contribution in [0.25, 0.3) is 0 Å². The monoisotopic (exact) mass is 373 g/mol. The van der Waals surface area contributed by atoms with Crippen LogP contribution in [0.2, 0.25) is 0 Å². The first kappa shape index (κ1) is 18.4. The Kier molecular flexibility index (Phi) is 5.70. The van der Waals surface area contributed by atoms with E-state index in [2.05, 4.69) is 20.7 Å². The van der Waals surface area contributed by atoms with Gasteiger partial charge in [0.1, 0.15) is 23.9 Å². The molecule has 1 N–H and O–H groups in total. The van der Waals surface area contributed by atoms with Crippen LogP contribution in [0.3, 0.4) is 0 Å². The number of ether oxygens (including phenoxy) is 1. The van der Waals surface area contributed by atoms with Gasteiger partial charge in [-0.1, -0.05) is 24.3 Å². The fourth-order valence-electron chi connectivity index (χ4n) is 2.41. The van der Waals surface area contributed by atoms with Gasteiger partial charge in [0.05, 0.1) is 6.04 Å². The normalized spacial score (nSPS) is 11.8. The standard InChI is InChI=1S/C18H17F2N5O2/c1-12(15-8-7-13(19)9-16(15)20)21-18(26)10-25-23-17(22-24-25)11-27-14-5-3-2-4-6-14/h2-9,12H,10-11H2,1H3,(H,21,26)/t12-/m1/s1. The predicted octanol–water partition coefficient (Wildman–Crippen LogP) is 2.41. The lowest BCUT2D eigenvalue weighted by Gasteiger charge is -2.14. The maximum atomic E-state index is 13.8. The van der Waals surface area contributed by atoms with Crippen molar-refractivity contribution in [3.63, 3.8) is 0 Å². The highest BCUT2D eigenvalue weighted by molar-refractivity contribution is 5.76. The molecule has 1 amide bonds. The van der Waals surface area contributed by atoms with Gasteiger partial charge in [-0.2, -0.15) is 4.80 Å². The number of aromatic nitrogens is 4. The van der Waals surface area contributed by atoms with Crippen molar-refractivity contribution in [3.05, 3.63) is 71.6 Å². The molecule has 7 nitrogen and oxygen atoms in total. The lowest BCUT2D eigenvalue weighted by Crippen LogP contribution is -2.31. The number of hydrogen-bond donors (Lipinski definition) is 1. The molecule has 0 saturated heterocycles. The van der Waals surface area contributed by atoms with Crippen LogP contribution in [0.15, 0.2) is 48.5 Å². The molecule has 0 aliphatic rings. The topological polar surface area (TPSA) is 81.9 Å². The molecule has 9 heteroatoms. The number of nitrogens with one attached hydrogen (secondary N) is 1. The zero-order valence-corrected chi connectivity index (χ0v) is 14.5. The Hall–Kier alpha value is -3.36. The molecule has 2 aromatic carbocycles. The summed E-state index contributed by atoms with van der Waals surface area (Å²) in [6.45, 7) is 1.52. The lowest BCUT2D eigenvalue weighted by molar-refractivity contribution is -0.122. The van der Waals surface area contributed by atoms with E-state index in [1.54, 1.807) is 19.1 Å². The average Bonchev–Trinajstić information content (AvgIpc) is 3.08. The summed E-state index contributed by atoms with van der Waals surface area (Å²) in [5, 5.41) is 14.3. The van der Waals surface area contributed by atoms with E-state index in [9.17, 15) is 13.6 Å². The average molecular weight is 373 g/mol.